The predicted octanol–water partition coefficient (Wildman–Crippen LogP) is 3.78. The number of rotatable bonds is 6. The number of ether oxygens (including phenoxy) is 1. The Morgan fingerprint density at radius 1 is 1.00 bits per heavy atom. The number of nitrogens with zero attached hydrogens (tertiary/aromatic N) is 5. The molecule has 4 aromatic rings. The van der Waals surface area contributed by atoms with Gasteiger partial charge in [-0.3, -0.25) is 9.69 Å². The fraction of sp³-hybridized carbons (Fsp3) is 0.370. The lowest BCUT2D eigenvalue weighted by Gasteiger charge is -2.35. The van der Waals surface area contributed by atoms with Crippen LogP contribution in [0.4, 0.5) is 0 Å². The van der Waals surface area contributed by atoms with Crippen molar-refractivity contribution < 1.29 is 9.53 Å². The number of hydrogen-bond acceptors (Lipinski definition) is 5. The Labute approximate surface area is 199 Å². The number of amides is 1. The third-order valence-corrected chi connectivity index (χ3v) is 6.90. The zero-order valence-electron chi connectivity index (χ0n) is 20.1. The van der Waals surface area contributed by atoms with E-state index >= 15 is 0 Å². The van der Waals surface area contributed by atoms with Crippen LogP contribution in [-0.4, -0.2) is 63.6 Å². The van der Waals surface area contributed by atoms with E-state index in [1.165, 1.54) is 5.56 Å². The fourth-order valence-corrected chi connectivity index (χ4v) is 4.87. The van der Waals surface area contributed by atoms with Crippen molar-refractivity contribution in [1.29, 1.82) is 0 Å². The Kier molecular flexibility index (Phi) is 6.20. The fourth-order valence-electron chi connectivity index (χ4n) is 4.87. The summed E-state index contributed by atoms with van der Waals surface area (Å²) in [7, 11) is 1.68. The van der Waals surface area contributed by atoms with Gasteiger partial charge in [-0.1, -0.05) is 24.3 Å². The highest BCUT2D eigenvalue weighted by atomic mass is 16.5. The zero-order valence-corrected chi connectivity index (χ0v) is 20.1. The number of hydrogen-bond donors (Lipinski definition) is 0. The van der Waals surface area contributed by atoms with Crippen molar-refractivity contribution in [3.05, 3.63) is 71.0 Å². The largest absolute Gasteiger partial charge is 0.497 e. The van der Waals surface area contributed by atoms with Crippen LogP contribution < -0.4 is 4.74 Å². The summed E-state index contributed by atoms with van der Waals surface area (Å²) < 4.78 is 7.16. The van der Waals surface area contributed by atoms with Crippen LogP contribution >= 0.6 is 0 Å². The first kappa shape index (κ1) is 22.3. The number of piperazine rings is 1. The number of methoxy groups -OCH3 is 1. The molecule has 0 saturated carbocycles. The zero-order chi connectivity index (χ0) is 23.7. The molecule has 0 unspecified atom stereocenters. The number of fused-ring (bicyclic) bond motifs is 3. The second kappa shape index (κ2) is 9.43. The molecule has 1 saturated heterocycles. The van der Waals surface area contributed by atoms with Gasteiger partial charge < -0.3 is 9.64 Å². The molecule has 0 atom stereocenters. The molecule has 0 aliphatic carbocycles. The molecule has 0 N–H and O–H groups in total. The van der Waals surface area contributed by atoms with E-state index in [0.717, 1.165) is 72.0 Å². The first-order valence-corrected chi connectivity index (χ1v) is 11.9. The van der Waals surface area contributed by atoms with Gasteiger partial charge in [0.15, 0.2) is 5.65 Å². The van der Waals surface area contributed by atoms with Crippen LogP contribution in [0.25, 0.3) is 16.6 Å². The lowest BCUT2D eigenvalue weighted by molar-refractivity contribution is -0.133. The highest BCUT2D eigenvalue weighted by Crippen LogP contribution is 2.23. The van der Waals surface area contributed by atoms with Gasteiger partial charge in [-0.25, -0.2) is 9.50 Å². The van der Waals surface area contributed by atoms with Gasteiger partial charge in [0.25, 0.3) is 0 Å². The average Bonchev–Trinajstić information content (AvgIpc) is 3.23. The number of benzene rings is 2. The molecule has 0 bridgehead atoms. The highest BCUT2D eigenvalue weighted by molar-refractivity contribution is 5.92. The standard InChI is InChI=1S/C27H31N5O2/c1-19-23(20(2)32-27(28-19)24-6-4-5-7-25(24)29-32)12-13-26(33)31-16-14-30(15-17-31)18-21-8-10-22(34-3)11-9-21/h4-11H,12-18H2,1-3H3. The third kappa shape index (κ3) is 4.35. The predicted molar refractivity (Wildman–Crippen MR) is 133 cm³/mol. The van der Waals surface area contributed by atoms with E-state index in [0.29, 0.717) is 12.8 Å². The Morgan fingerprint density at radius 2 is 1.74 bits per heavy atom. The second-order valence-corrected chi connectivity index (χ2v) is 9.02. The monoisotopic (exact) mass is 457 g/mol. The molecule has 34 heavy (non-hydrogen) atoms. The third-order valence-electron chi connectivity index (χ3n) is 6.90. The maximum Gasteiger partial charge on any atom is 0.222 e. The van der Waals surface area contributed by atoms with Crippen LogP contribution in [-0.2, 0) is 17.8 Å². The van der Waals surface area contributed by atoms with Gasteiger partial charge in [-0.2, -0.15) is 5.10 Å². The van der Waals surface area contributed by atoms with Crippen LogP contribution in [0, 0.1) is 13.8 Å². The average molecular weight is 458 g/mol. The maximum absolute atomic E-state index is 13.0. The molecule has 2 aromatic carbocycles. The van der Waals surface area contributed by atoms with Gasteiger partial charge in [0.05, 0.1) is 12.6 Å². The summed E-state index contributed by atoms with van der Waals surface area (Å²) in [5.74, 6) is 1.09. The summed E-state index contributed by atoms with van der Waals surface area (Å²) in [5.41, 5.74) is 6.25. The molecule has 1 fully saturated rings. The van der Waals surface area contributed by atoms with Gasteiger partial charge in [-0.05, 0) is 55.7 Å². The Morgan fingerprint density at radius 3 is 2.47 bits per heavy atom. The quantitative estimate of drug-likeness (QED) is 0.441. The van der Waals surface area contributed by atoms with Crippen molar-refractivity contribution in [2.45, 2.75) is 33.2 Å². The number of aryl methyl sites for hydroxylation is 2. The summed E-state index contributed by atoms with van der Waals surface area (Å²) in [6, 6.07) is 16.3. The summed E-state index contributed by atoms with van der Waals surface area (Å²) in [4.78, 5) is 22.2. The molecule has 1 aliphatic rings. The van der Waals surface area contributed by atoms with Gasteiger partial charge >= 0.3 is 0 Å². The first-order chi connectivity index (χ1) is 16.5. The van der Waals surface area contributed by atoms with Gasteiger partial charge in [-0.15, -0.1) is 0 Å². The van der Waals surface area contributed by atoms with Crippen LogP contribution in [0.3, 0.4) is 0 Å². The second-order valence-electron chi connectivity index (χ2n) is 9.02. The smallest absolute Gasteiger partial charge is 0.222 e. The van der Waals surface area contributed by atoms with Crippen LogP contribution in [0.5, 0.6) is 5.75 Å². The minimum absolute atomic E-state index is 0.216. The summed E-state index contributed by atoms with van der Waals surface area (Å²) >= 11 is 0. The molecular formula is C27H31N5O2. The molecule has 0 radical (unpaired) electrons. The topological polar surface area (TPSA) is 63.0 Å². The molecule has 7 heteroatoms. The van der Waals surface area contributed by atoms with Crippen LogP contribution in [0.15, 0.2) is 48.5 Å². The lowest BCUT2D eigenvalue weighted by atomic mass is 10.1. The van der Waals surface area contributed by atoms with Crippen molar-refractivity contribution in [3.8, 4) is 5.75 Å². The molecule has 5 rings (SSSR count). The van der Waals surface area contributed by atoms with E-state index in [9.17, 15) is 4.79 Å². The molecule has 3 heterocycles. The first-order valence-electron chi connectivity index (χ1n) is 11.9. The molecule has 0 spiro atoms. The van der Waals surface area contributed by atoms with E-state index in [2.05, 4.69) is 30.0 Å². The number of carbonyl (C=O) groups is 1. The minimum Gasteiger partial charge on any atom is -0.497 e. The molecule has 1 aliphatic heterocycles. The van der Waals surface area contributed by atoms with Crippen LogP contribution in [0.1, 0.15) is 28.9 Å². The van der Waals surface area contributed by atoms with Gasteiger partial charge in [0, 0.05) is 55.9 Å². The molecule has 1 amide bonds. The Balaban J connectivity index is 1.20. The van der Waals surface area contributed by atoms with Crippen molar-refractivity contribution in [2.75, 3.05) is 33.3 Å². The van der Waals surface area contributed by atoms with Crippen molar-refractivity contribution in [3.63, 3.8) is 0 Å². The van der Waals surface area contributed by atoms with Gasteiger partial charge in [0.2, 0.25) is 5.91 Å². The van der Waals surface area contributed by atoms with E-state index in [1.807, 2.05) is 46.7 Å². The van der Waals surface area contributed by atoms with Crippen molar-refractivity contribution >= 4 is 22.5 Å². The SMILES string of the molecule is COc1ccc(CN2CCN(C(=O)CCc3c(C)nc4c5ccccc5nn4c3C)CC2)cc1. The Bertz CT molecular complexity index is 1320. The van der Waals surface area contributed by atoms with Gasteiger partial charge in [0.1, 0.15) is 5.75 Å². The summed E-state index contributed by atoms with van der Waals surface area (Å²) in [5, 5.41) is 5.79. The van der Waals surface area contributed by atoms with E-state index in [4.69, 9.17) is 14.8 Å². The van der Waals surface area contributed by atoms with Crippen molar-refractivity contribution in [1.82, 2.24) is 24.4 Å². The lowest BCUT2D eigenvalue weighted by Crippen LogP contribution is -2.48. The molecular weight excluding hydrogens is 426 g/mol. The highest BCUT2D eigenvalue weighted by Gasteiger charge is 2.22. The van der Waals surface area contributed by atoms with Crippen molar-refractivity contribution in [2.24, 2.45) is 0 Å². The molecule has 176 valence electrons. The minimum atomic E-state index is 0.216. The van der Waals surface area contributed by atoms with Crippen LogP contribution in [0.2, 0.25) is 0 Å². The van der Waals surface area contributed by atoms with E-state index < -0.39 is 0 Å². The molecule has 2 aromatic heterocycles. The normalized spacial score (nSPS) is 14.7. The Hall–Kier alpha value is -3.45. The van der Waals surface area contributed by atoms with E-state index in [-0.39, 0.29) is 5.91 Å². The summed E-state index contributed by atoms with van der Waals surface area (Å²) in [6.45, 7) is 8.34. The van der Waals surface area contributed by atoms with E-state index in [1.54, 1.807) is 7.11 Å². The molecule has 7 nitrogen and oxygen atoms in total. The number of carbonyl (C=O) groups excluding carboxylic acids is 1. The summed E-state index contributed by atoms with van der Waals surface area (Å²) in [6.07, 6.45) is 1.18. The number of aromatic nitrogens is 3. The maximum atomic E-state index is 13.0.